The molecule has 1 unspecified atom stereocenters. The summed E-state index contributed by atoms with van der Waals surface area (Å²) < 4.78 is 13.8. The average Bonchev–Trinajstić information content (AvgIpc) is 2.48. The molecule has 0 aromatic heterocycles. The van der Waals surface area contributed by atoms with E-state index >= 15 is 0 Å². The first-order valence-electron chi connectivity index (χ1n) is 6.10. The standard InChI is InChI=1S/C15H14Br2INO2/c1-20-13-7-11(17)14(21-2)6-10(13)15(19)9-5-8(16)3-4-12(9)18/h3-7,15H,19H2,1-2H3. The van der Waals surface area contributed by atoms with E-state index in [4.69, 9.17) is 15.2 Å². The molecule has 0 amide bonds. The monoisotopic (exact) mass is 525 g/mol. The van der Waals surface area contributed by atoms with Crippen LogP contribution < -0.4 is 15.2 Å². The van der Waals surface area contributed by atoms with Crippen molar-refractivity contribution in [2.75, 3.05) is 14.2 Å². The van der Waals surface area contributed by atoms with Crippen LogP contribution in [0, 0.1) is 3.57 Å². The van der Waals surface area contributed by atoms with Crippen LogP contribution in [0.3, 0.4) is 0 Å². The Bertz CT molecular complexity index is 664. The quantitative estimate of drug-likeness (QED) is 0.578. The summed E-state index contributed by atoms with van der Waals surface area (Å²) in [6.45, 7) is 0. The van der Waals surface area contributed by atoms with Gasteiger partial charge >= 0.3 is 0 Å². The maximum atomic E-state index is 6.46. The molecule has 0 fully saturated rings. The van der Waals surface area contributed by atoms with Gasteiger partial charge in [-0.05, 0) is 74.4 Å². The van der Waals surface area contributed by atoms with Crippen molar-refractivity contribution in [3.05, 3.63) is 54.0 Å². The number of benzene rings is 2. The number of rotatable bonds is 4. The molecule has 2 N–H and O–H groups in total. The second-order valence-corrected chi connectivity index (χ2v) is 7.30. The SMILES string of the molecule is COc1cc(C(N)c2cc(Br)ccc2I)c(OC)cc1Br. The van der Waals surface area contributed by atoms with Crippen molar-refractivity contribution < 1.29 is 9.47 Å². The van der Waals surface area contributed by atoms with E-state index in [1.165, 1.54) is 0 Å². The Morgan fingerprint density at radius 3 is 2.29 bits per heavy atom. The predicted octanol–water partition coefficient (Wildman–Crippen LogP) is 4.88. The third-order valence-electron chi connectivity index (χ3n) is 3.13. The number of ether oxygens (including phenoxy) is 2. The van der Waals surface area contributed by atoms with Crippen LogP contribution in [0.25, 0.3) is 0 Å². The molecule has 2 aromatic rings. The van der Waals surface area contributed by atoms with E-state index in [1.807, 2.05) is 30.3 Å². The highest BCUT2D eigenvalue weighted by molar-refractivity contribution is 14.1. The molecule has 0 spiro atoms. The Balaban J connectivity index is 2.56. The number of hydrogen-bond donors (Lipinski definition) is 1. The van der Waals surface area contributed by atoms with Gasteiger partial charge in [-0.3, -0.25) is 0 Å². The summed E-state index contributed by atoms with van der Waals surface area (Å²) in [7, 11) is 3.26. The molecule has 1 atom stereocenters. The number of hydrogen-bond acceptors (Lipinski definition) is 3. The van der Waals surface area contributed by atoms with Crippen molar-refractivity contribution in [2.45, 2.75) is 6.04 Å². The van der Waals surface area contributed by atoms with Crippen molar-refractivity contribution in [3.8, 4) is 11.5 Å². The van der Waals surface area contributed by atoms with Crippen molar-refractivity contribution in [1.29, 1.82) is 0 Å². The molecule has 21 heavy (non-hydrogen) atoms. The van der Waals surface area contributed by atoms with Gasteiger partial charge in [-0.2, -0.15) is 0 Å². The van der Waals surface area contributed by atoms with E-state index in [0.717, 1.165) is 35.1 Å². The first-order chi connectivity index (χ1) is 9.97. The Labute approximate surface area is 154 Å². The molecule has 2 rings (SSSR count). The van der Waals surface area contributed by atoms with Crippen molar-refractivity contribution >= 4 is 54.5 Å². The largest absolute Gasteiger partial charge is 0.496 e. The first kappa shape index (κ1) is 17.1. The fraction of sp³-hybridized carbons (Fsp3) is 0.200. The highest BCUT2D eigenvalue weighted by Crippen LogP contribution is 2.38. The molecule has 0 aliphatic carbocycles. The molecule has 0 aliphatic rings. The average molecular weight is 527 g/mol. The number of nitrogens with two attached hydrogens (primary N) is 1. The van der Waals surface area contributed by atoms with Gasteiger partial charge in [0.15, 0.2) is 0 Å². The van der Waals surface area contributed by atoms with Crippen LogP contribution in [-0.2, 0) is 0 Å². The fourth-order valence-electron chi connectivity index (χ4n) is 2.05. The minimum absolute atomic E-state index is 0.300. The summed E-state index contributed by atoms with van der Waals surface area (Å²) in [4.78, 5) is 0. The molecular weight excluding hydrogens is 513 g/mol. The Hall–Kier alpha value is -0.310. The second kappa shape index (κ2) is 7.30. The maximum absolute atomic E-state index is 6.46. The van der Waals surface area contributed by atoms with Crippen LogP contribution >= 0.6 is 54.5 Å². The number of methoxy groups -OCH3 is 2. The Morgan fingerprint density at radius 1 is 1.00 bits per heavy atom. The van der Waals surface area contributed by atoms with Gasteiger partial charge in [0, 0.05) is 13.6 Å². The fourth-order valence-corrected chi connectivity index (χ4v) is 3.58. The van der Waals surface area contributed by atoms with Gasteiger partial charge in [0.05, 0.1) is 24.7 Å². The van der Waals surface area contributed by atoms with Gasteiger partial charge in [0.25, 0.3) is 0 Å². The lowest BCUT2D eigenvalue weighted by Gasteiger charge is -2.19. The summed E-state index contributed by atoms with van der Waals surface area (Å²) in [6.07, 6.45) is 0. The molecule has 3 nitrogen and oxygen atoms in total. The van der Waals surface area contributed by atoms with Crippen LogP contribution in [0.15, 0.2) is 39.3 Å². The van der Waals surface area contributed by atoms with Crippen molar-refractivity contribution in [3.63, 3.8) is 0 Å². The van der Waals surface area contributed by atoms with E-state index in [-0.39, 0.29) is 6.04 Å². The van der Waals surface area contributed by atoms with Crippen molar-refractivity contribution in [2.24, 2.45) is 5.73 Å². The zero-order valence-corrected chi connectivity index (χ0v) is 16.8. The molecule has 0 saturated carbocycles. The summed E-state index contributed by atoms with van der Waals surface area (Å²) >= 11 is 9.23. The zero-order chi connectivity index (χ0) is 15.6. The van der Waals surface area contributed by atoms with Crippen LogP contribution in [0.5, 0.6) is 11.5 Å². The molecule has 0 saturated heterocycles. The third-order valence-corrected chi connectivity index (χ3v) is 5.23. The molecule has 0 heterocycles. The summed E-state index contributed by atoms with van der Waals surface area (Å²) in [5.41, 5.74) is 8.38. The normalized spacial score (nSPS) is 12.1. The van der Waals surface area contributed by atoms with Gasteiger partial charge < -0.3 is 15.2 Å². The van der Waals surface area contributed by atoms with E-state index in [9.17, 15) is 0 Å². The van der Waals surface area contributed by atoms with Gasteiger partial charge in [-0.1, -0.05) is 15.9 Å². The lowest BCUT2D eigenvalue weighted by atomic mass is 9.98. The zero-order valence-electron chi connectivity index (χ0n) is 11.5. The second-order valence-electron chi connectivity index (χ2n) is 4.37. The van der Waals surface area contributed by atoms with Crippen molar-refractivity contribution in [1.82, 2.24) is 0 Å². The summed E-state index contributed by atoms with van der Waals surface area (Å²) in [6, 6.07) is 9.54. The predicted molar refractivity (Wildman–Crippen MR) is 100 cm³/mol. The van der Waals surface area contributed by atoms with E-state index in [2.05, 4.69) is 54.5 Å². The van der Waals surface area contributed by atoms with E-state index in [1.54, 1.807) is 14.2 Å². The van der Waals surface area contributed by atoms with Gasteiger partial charge in [0.1, 0.15) is 11.5 Å². The third kappa shape index (κ3) is 3.72. The molecule has 0 aliphatic heterocycles. The van der Waals surface area contributed by atoms with Gasteiger partial charge in [0.2, 0.25) is 0 Å². The minimum Gasteiger partial charge on any atom is -0.496 e. The Morgan fingerprint density at radius 2 is 1.67 bits per heavy atom. The molecule has 2 aromatic carbocycles. The minimum atomic E-state index is -0.300. The van der Waals surface area contributed by atoms with Crippen LogP contribution in [0.4, 0.5) is 0 Å². The molecule has 0 radical (unpaired) electrons. The van der Waals surface area contributed by atoms with Crippen LogP contribution in [0.1, 0.15) is 17.2 Å². The highest BCUT2D eigenvalue weighted by atomic mass is 127. The lowest BCUT2D eigenvalue weighted by molar-refractivity contribution is 0.395. The molecule has 0 bridgehead atoms. The van der Waals surface area contributed by atoms with E-state index in [0.29, 0.717) is 0 Å². The topological polar surface area (TPSA) is 44.5 Å². The highest BCUT2D eigenvalue weighted by Gasteiger charge is 2.19. The van der Waals surface area contributed by atoms with Gasteiger partial charge in [-0.25, -0.2) is 0 Å². The van der Waals surface area contributed by atoms with Crippen LogP contribution in [-0.4, -0.2) is 14.2 Å². The number of halogens is 3. The Kier molecular flexibility index (Phi) is 5.93. The van der Waals surface area contributed by atoms with Crippen LogP contribution in [0.2, 0.25) is 0 Å². The summed E-state index contributed by atoms with van der Waals surface area (Å²) in [5, 5.41) is 0. The lowest BCUT2D eigenvalue weighted by Crippen LogP contribution is -2.15. The van der Waals surface area contributed by atoms with Gasteiger partial charge in [-0.15, -0.1) is 0 Å². The summed E-state index contributed by atoms with van der Waals surface area (Å²) in [5.74, 6) is 1.46. The maximum Gasteiger partial charge on any atom is 0.133 e. The molecular formula is C15H14Br2INO2. The smallest absolute Gasteiger partial charge is 0.133 e. The van der Waals surface area contributed by atoms with E-state index < -0.39 is 0 Å². The molecule has 6 heteroatoms. The molecule has 112 valence electrons. The first-order valence-corrected chi connectivity index (χ1v) is 8.76.